The zero-order valence-corrected chi connectivity index (χ0v) is 19.2. The highest BCUT2D eigenvalue weighted by molar-refractivity contribution is 5.92. The SMILES string of the molecule is CC(C)Oc1ccc(-c2nc(-c3cccc4c3CC[C@]43CCN(CCO)C3=O)no2)cc1C#N. The summed E-state index contributed by atoms with van der Waals surface area (Å²) in [6.07, 6.45) is 2.21. The molecule has 1 atom stereocenters. The Hall–Kier alpha value is -3.70. The molecule has 8 nitrogen and oxygen atoms in total. The molecule has 0 bridgehead atoms. The minimum Gasteiger partial charge on any atom is -0.490 e. The lowest BCUT2D eigenvalue weighted by molar-refractivity contribution is -0.132. The Kier molecular flexibility index (Phi) is 5.58. The molecule has 1 N–H and O–H groups in total. The van der Waals surface area contributed by atoms with E-state index in [-0.39, 0.29) is 18.6 Å². The number of aromatic nitrogens is 2. The van der Waals surface area contributed by atoms with E-state index >= 15 is 0 Å². The first kappa shape index (κ1) is 22.1. The number of carbonyl (C=O) groups excluding carboxylic acids is 1. The van der Waals surface area contributed by atoms with Crippen molar-refractivity contribution in [2.24, 2.45) is 0 Å². The number of fused-ring (bicyclic) bond motifs is 2. The summed E-state index contributed by atoms with van der Waals surface area (Å²) < 4.78 is 11.3. The third-order valence-electron chi connectivity index (χ3n) is 6.74. The summed E-state index contributed by atoms with van der Waals surface area (Å²) in [6, 6.07) is 13.3. The number of aliphatic hydroxyl groups is 1. The Morgan fingerprint density at radius 3 is 2.91 bits per heavy atom. The molecule has 174 valence electrons. The van der Waals surface area contributed by atoms with E-state index in [2.05, 4.69) is 16.2 Å². The number of nitrogens with zero attached hydrogens (tertiary/aromatic N) is 4. The maximum atomic E-state index is 13.2. The van der Waals surface area contributed by atoms with E-state index in [4.69, 9.17) is 9.26 Å². The summed E-state index contributed by atoms with van der Waals surface area (Å²) in [5, 5.41) is 23.0. The topological polar surface area (TPSA) is 112 Å². The van der Waals surface area contributed by atoms with Gasteiger partial charge in [0.25, 0.3) is 5.89 Å². The van der Waals surface area contributed by atoms with E-state index in [1.165, 1.54) is 0 Å². The van der Waals surface area contributed by atoms with Crippen molar-refractivity contribution in [2.75, 3.05) is 19.7 Å². The van der Waals surface area contributed by atoms with E-state index in [9.17, 15) is 15.2 Å². The van der Waals surface area contributed by atoms with Gasteiger partial charge in [-0.3, -0.25) is 4.79 Å². The summed E-state index contributed by atoms with van der Waals surface area (Å²) in [4.78, 5) is 19.6. The summed E-state index contributed by atoms with van der Waals surface area (Å²) in [6.45, 7) is 4.82. The maximum Gasteiger partial charge on any atom is 0.258 e. The van der Waals surface area contributed by atoms with Crippen molar-refractivity contribution >= 4 is 5.91 Å². The van der Waals surface area contributed by atoms with Crippen LogP contribution in [0.4, 0.5) is 0 Å². The predicted molar refractivity (Wildman–Crippen MR) is 124 cm³/mol. The molecule has 1 saturated heterocycles. The largest absolute Gasteiger partial charge is 0.490 e. The first-order chi connectivity index (χ1) is 16.5. The number of carbonyl (C=O) groups is 1. The number of hydrogen-bond donors (Lipinski definition) is 1. The molecule has 3 aromatic rings. The van der Waals surface area contributed by atoms with Crippen LogP contribution in [0.3, 0.4) is 0 Å². The van der Waals surface area contributed by atoms with Crippen LogP contribution in [0.15, 0.2) is 40.9 Å². The highest BCUT2D eigenvalue weighted by Gasteiger charge is 2.51. The van der Waals surface area contributed by atoms with Gasteiger partial charge in [0, 0.05) is 24.2 Å². The van der Waals surface area contributed by atoms with Gasteiger partial charge < -0.3 is 19.3 Å². The fraction of sp³-hybridized carbons (Fsp3) is 0.385. The average Bonchev–Trinajstić information content (AvgIpc) is 3.54. The van der Waals surface area contributed by atoms with Crippen molar-refractivity contribution in [1.82, 2.24) is 15.0 Å². The van der Waals surface area contributed by atoms with Gasteiger partial charge >= 0.3 is 0 Å². The molecule has 5 rings (SSSR count). The number of β-amino-alcohol motifs (C(OH)–C–C–N with tert-alkyl or cyclic N) is 1. The second-order valence-corrected chi connectivity index (χ2v) is 9.09. The highest BCUT2D eigenvalue weighted by Crippen LogP contribution is 2.48. The molecule has 1 aliphatic carbocycles. The lowest BCUT2D eigenvalue weighted by Gasteiger charge is -2.24. The Morgan fingerprint density at radius 2 is 2.15 bits per heavy atom. The molecule has 1 aromatic heterocycles. The normalized spacial score (nSPS) is 19.1. The van der Waals surface area contributed by atoms with Crippen LogP contribution in [0.25, 0.3) is 22.8 Å². The van der Waals surface area contributed by atoms with Gasteiger partial charge in [-0.05, 0) is 62.4 Å². The molecular weight excluding hydrogens is 432 g/mol. The van der Waals surface area contributed by atoms with Gasteiger partial charge in [0.1, 0.15) is 11.8 Å². The Balaban J connectivity index is 1.47. The molecule has 8 heteroatoms. The molecule has 1 fully saturated rings. The van der Waals surface area contributed by atoms with Crippen LogP contribution in [0.5, 0.6) is 5.75 Å². The van der Waals surface area contributed by atoms with Crippen LogP contribution in [0, 0.1) is 11.3 Å². The highest BCUT2D eigenvalue weighted by atomic mass is 16.5. The summed E-state index contributed by atoms with van der Waals surface area (Å²) in [7, 11) is 0. The summed E-state index contributed by atoms with van der Waals surface area (Å²) in [5.74, 6) is 1.39. The van der Waals surface area contributed by atoms with Gasteiger partial charge in [0.2, 0.25) is 11.7 Å². The number of amides is 1. The van der Waals surface area contributed by atoms with Crippen molar-refractivity contribution in [3.63, 3.8) is 0 Å². The molecule has 0 unspecified atom stereocenters. The predicted octanol–water partition coefficient (Wildman–Crippen LogP) is 3.47. The van der Waals surface area contributed by atoms with Crippen molar-refractivity contribution in [1.29, 1.82) is 5.26 Å². The fourth-order valence-corrected chi connectivity index (χ4v) is 5.20. The van der Waals surface area contributed by atoms with Gasteiger partial charge in [0.05, 0.1) is 23.7 Å². The maximum absolute atomic E-state index is 13.2. The molecule has 0 radical (unpaired) electrons. The number of benzene rings is 2. The van der Waals surface area contributed by atoms with Crippen molar-refractivity contribution in [3.8, 4) is 34.7 Å². The quantitative estimate of drug-likeness (QED) is 0.602. The fourth-order valence-electron chi connectivity index (χ4n) is 5.20. The first-order valence-corrected chi connectivity index (χ1v) is 11.5. The van der Waals surface area contributed by atoms with Crippen LogP contribution < -0.4 is 4.74 Å². The molecule has 2 aliphatic rings. The van der Waals surface area contributed by atoms with E-state index in [1.807, 2.05) is 32.0 Å². The first-order valence-electron chi connectivity index (χ1n) is 11.5. The molecule has 1 amide bonds. The number of hydrogen-bond acceptors (Lipinski definition) is 7. The van der Waals surface area contributed by atoms with Crippen molar-refractivity contribution in [2.45, 2.75) is 44.6 Å². The molecule has 2 heterocycles. The Labute approximate surface area is 197 Å². The number of likely N-dealkylation sites (tertiary alicyclic amines) is 1. The molecule has 0 saturated carbocycles. The van der Waals surface area contributed by atoms with E-state index in [1.54, 1.807) is 23.1 Å². The monoisotopic (exact) mass is 458 g/mol. The molecule has 2 aromatic carbocycles. The zero-order chi connectivity index (χ0) is 23.9. The van der Waals surface area contributed by atoms with Crippen LogP contribution in [-0.2, 0) is 16.6 Å². The van der Waals surface area contributed by atoms with Gasteiger partial charge in [-0.2, -0.15) is 10.2 Å². The second-order valence-electron chi connectivity index (χ2n) is 9.09. The van der Waals surface area contributed by atoms with E-state index in [0.29, 0.717) is 41.7 Å². The summed E-state index contributed by atoms with van der Waals surface area (Å²) in [5.41, 5.74) is 3.48. The lowest BCUT2D eigenvalue weighted by Crippen LogP contribution is -2.37. The number of rotatable bonds is 6. The van der Waals surface area contributed by atoms with Crippen LogP contribution in [0.2, 0.25) is 0 Å². The molecule has 1 spiro atoms. The third kappa shape index (κ3) is 3.53. The zero-order valence-electron chi connectivity index (χ0n) is 19.2. The summed E-state index contributed by atoms with van der Waals surface area (Å²) >= 11 is 0. The van der Waals surface area contributed by atoms with Gasteiger partial charge in [-0.15, -0.1) is 0 Å². The van der Waals surface area contributed by atoms with Crippen molar-refractivity contribution in [3.05, 3.63) is 53.1 Å². The second kappa shape index (κ2) is 8.58. The Morgan fingerprint density at radius 1 is 1.29 bits per heavy atom. The van der Waals surface area contributed by atoms with Crippen molar-refractivity contribution < 1.29 is 19.2 Å². The smallest absolute Gasteiger partial charge is 0.258 e. The van der Waals surface area contributed by atoms with Gasteiger partial charge in [0.15, 0.2) is 0 Å². The molecule has 34 heavy (non-hydrogen) atoms. The molecular formula is C26H26N4O4. The minimum absolute atomic E-state index is 0.0293. The number of aliphatic hydroxyl groups excluding tert-OH is 1. The Bertz CT molecular complexity index is 1290. The standard InChI is InChI=1S/C26H26N4O4/c1-16(2)33-22-7-6-17(14-18(22)15-27)24-28-23(29-34-24)20-4-3-5-21-19(20)8-9-26(21)10-11-30(12-13-31)25(26)32/h3-7,14,16,31H,8-13H2,1-2H3/t26-/m0/s1. The third-order valence-corrected chi connectivity index (χ3v) is 6.74. The molecule has 1 aliphatic heterocycles. The van der Waals surface area contributed by atoms with Gasteiger partial charge in [-0.25, -0.2) is 0 Å². The lowest BCUT2D eigenvalue weighted by atomic mass is 9.80. The van der Waals surface area contributed by atoms with Crippen LogP contribution in [0.1, 0.15) is 43.4 Å². The van der Waals surface area contributed by atoms with Gasteiger partial charge in [-0.1, -0.05) is 23.4 Å². The van der Waals surface area contributed by atoms with E-state index < -0.39 is 5.41 Å². The van der Waals surface area contributed by atoms with Crippen LogP contribution >= 0.6 is 0 Å². The number of nitriles is 1. The van der Waals surface area contributed by atoms with Crippen LogP contribution in [-0.4, -0.2) is 51.9 Å². The van der Waals surface area contributed by atoms with E-state index in [0.717, 1.165) is 36.0 Å². The average molecular weight is 459 g/mol. The number of ether oxygens (including phenoxy) is 1. The minimum atomic E-state index is -0.527.